The quantitative estimate of drug-likeness (QED) is 0.737. The minimum Gasteiger partial charge on any atom is -0.480 e. The molecule has 0 aromatic rings. The number of nitrogens with one attached hydrogen (secondary N) is 1. The van der Waals surface area contributed by atoms with Gasteiger partial charge in [-0.15, -0.1) is 24.1 Å². The molecular weight excluding hydrogens is 276 g/mol. The van der Waals surface area contributed by atoms with Crippen LogP contribution < -0.4 is 5.32 Å². The summed E-state index contributed by atoms with van der Waals surface area (Å²) in [5.74, 6) is 2.03. The van der Waals surface area contributed by atoms with Crippen molar-refractivity contribution >= 4 is 23.8 Å². The van der Waals surface area contributed by atoms with Crippen LogP contribution in [-0.4, -0.2) is 45.2 Å². The summed E-state index contributed by atoms with van der Waals surface area (Å²) < 4.78 is 0. The zero-order valence-electron chi connectivity index (χ0n) is 12.0. The summed E-state index contributed by atoms with van der Waals surface area (Å²) in [6.45, 7) is 3.97. The highest BCUT2D eigenvalue weighted by atomic mass is 32.2. The van der Waals surface area contributed by atoms with Crippen LogP contribution in [0.4, 0.5) is 4.79 Å². The Hall–Kier alpha value is -1.35. The number of aliphatic carboxylic acids is 1. The van der Waals surface area contributed by atoms with Crippen molar-refractivity contribution in [3.8, 4) is 12.3 Å². The molecule has 2 N–H and O–H groups in total. The van der Waals surface area contributed by atoms with Crippen molar-refractivity contribution < 1.29 is 14.7 Å². The Morgan fingerprint density at radius 2 is 2.25 bits per heavy atom. The summed E-state index contributed by atoms with van der Waals surface area (Å²) in [6, 6.07) is -1.17. The number of hydrogen-bond donors (Lipinski definition) is 2. The average molecular weight is 298 g/mol. The van der Waals surface area contributed by atoms with Gasteiger partial charge in [0.25, 0.3) is 0 Å². The molecule has 3 atom stereocenters. The normalized spacial score (nSPS) is 23.1. The summed E-state index contributed by atoms with van der Waals surface area (Å²) >= 11 is 1.53. The summed E-state index contributed by atoms with van der Waals surface area (Å²) in [7, 11) is 0. The molecule has 0 spiro atoms. The molecule has 5 nitrogen and oxygen atoms in total. The zero-order chi connectivity index (χ0) is 15.1. The predicted octanol–water partition coefficient (Wildman–Crippen LogP) is 2.13. The van der Waals surface area contributed by atoms with E-state index in [1.54, 1.807) is 0 Å². The first kappa shape index (κ1) is 16.7. The molecule has 0 aromatic carbocycles. The fraction of sp³-hybridized carbons (Fsp3) is 0.714. The number of carbonyl (C=O) groups excluding carboxylic acids is 1. The van der Waals surface area contributed by atoms with Gasteiger partial charge in [0.15, 0.2) is 0 Å². The van der Waals surface area contributed by atoms with Crippen LogP contribution in [-0.2, 0) is 4.79 Å². The summed E-state index contributed by atoms with van der Waals surface area (Å²) in [5.41, 5.74) is 0. The molecule has 1 aliphatic rings. The molecule has 3 unspecified atom stereocenters. The molecule has 1 fully saturated rings. The van der Waals surface area contributed by atoms with Crippen LogP contribution in [0.25, 0.3) is 0 Å². The van der Waals surface area contributed by atoms with Gasteiger partial charge in [0.1, 0.15) is 6.04 Å². The third-order valence-corrected chi connectivity index (χ3v) is 4.69. The number of amides is 2. The molecule has 0 radical (unpaired) electrons. The average Bonchev–Trinajstić information content (AvgIpc) is 2.82. The van der Waals surface area contributed by atoms with Crippen LogP contribution in [0, 0.1) is 12.3 Å². The van der Waals surface area contributed by atoms with Gasteiger partial charge in [-0.05, 0) is 12.8 Å². The van der Waals surface area contributed by atoms with Crippen LogP contribution in [0.2, 0.25) is 0 Å². The van der Waals surface area contributed by atoms with Gasteiger partial charge in [-0.25, -0.2) is 9.59 Å². The van der Waals surface area contributed by atoms with Crippen molar-refractivity contribution in [3.63, 3.8) is 0 Å². The third kappa shape index (κ3) is 4.07. The van der Waals surface area contributed by atoms with Crippen LogP contribution in [0.1, 0.15) is 39.5 Å². The number of thioether (sulfide) groups is 1. The molecule has 0 aliphatic carbocycles. The lowest BCUT2D eigenvalue weighted by atomic mass is 10.1. The molecule has 1 aliphatic heterocycles. The van der Waals surface area contributed by atoms with E-state index in [-0.39, 0.29) is 17.4 Å². The topological polar surface area (TPSA) is 69.6 Å². The van der Waals surface area contributed by atoms with E-state index in [1.807, 2.05) is 13.8 Å². The smallest absolute Gasteiger partial charge is 0.327 e. The molecule has 1 saturated heterocycles. The van der Waals surface area contributed by atoms with Crippen molar-refractivity contribution in [1.29, 1.82) is 0 Å². The Morgan fingerprint density at radius 3 is 2.75 bits per heavy atom. The van der Waals surface area contributed by atoms with E-state index in [4.69, 9.17) is 6.42 Å². The van der Waals surface area contributed by atoms with E-state index in [0.29, 0.717) is 12.2 Å². The van der Waals surface area contributed by atoms with E-state index >= 15 is 0 Å². The maximum absolute atomic E-state index is 12.4. The van der Waals surface area contributed by atoms with Crippen LogP contribution in [0.15, 0.2) is 0 Å². The van der Waals surface area contributed by atoms with E-state index in [2.05, 4.69) is 11.2 Å². The van der Waals surface area contributed by atoms with Gasteiger partial charge in [0, 0.05) is 18.2 Å². The maximum atomic E-state index is 12.4. The molecule has 1 heterocycles. The van der Waals surface area contributed by atoms with Gasteiger partial charge in [-0.3, -0.25) is 4.90 Å². The molecule has 2 amide bonds. The standard InChI is InChI=1S/C14H22N2O3S/c1-4-7-10(6-3)15-14(19)16-11(13(17)18)9-20-12(16)8-5-2/h1,10-12H,5-9H2,2-3H3,(H,15,19)(H,17,18). The van der Waals surface area contributed by atoms with Crippen LogP contribution in [0.5, 0.6) is 0 Å². The Morgan fingerprint density at radius 1 is 1.55 bits per heavy atom. The Labute approximate surface area is 124 Å². The van der Waals surface area contributed by atoms with E-state index in [1.165, 1.54) is 16.7 Å². The molecule has 6 heteroatoms. The molecule has 1 rings (SSSR count). The third-order valence-electron chi connectivity index (χ3n) is 3.33. The minimum atomic E-state index is -0.948. The first-order valence-corrected chi connectivity index (χ1v) is 7.96. The fourth-order valence-electron chi connectivity index (χ4n) is 2.18. The number of hydrogen-bond acceptors (Lipinski definition) is 3. The van der Waals surface area contributed by atoms with Crippen LogP contribution in [0.3, 0.4) is 0 Å². The molecule has 0 aromatic heterocycles. The largest absolute Gasteiger partial charge is 0.480 e. The maximum Gasteiger partial charge on any atom is 0.327 e. The van der Waals surface area contributed by atoms with Crippen molar-refractivity contribution in [2.45, 2.75) is 57.0 Å². The number of nitrogens with zero attached hydrogens (tertiary/aromatic N) is 1. The van der Waals surface area contributed by atoms with Crippen molar-refractivity contribution in [1.82, 2.24) is 10.2 Å². The number of carbonyl (C=O) groups is 2. The van der Waals surface area contributed by atoms with E-state index in [9.17, 15) is 14.7 Å². The first-order chi connectivity index (χ1) is 9.54. The van der Waals surface area contributed by atoms with Crippen molar-refractivity contribution in [2.75, 3.05) is 5.75 Å². The van der Waals surface area contributed by atoms with Gasteiger partial charge in [0.2, 0.25) is 0 Å². The van der Waals surface area contributed by atoms with E-state index in [0.717, 1.165) is 19.3 Å². The second-order valence-corrected chi connectivity index (χ2v) is 6.01. The monoisotopic (exact) mass is 298 g/mol. The summed E-state index contributed by atoms with van der Waals surface area (Å²) in [6.07, 6.45) is 8.17. The lowest BCUT2D eigenvalue weighted by Crippen LogP contribution is -2.52. The SMILES string of the molecule is C#CCC(CC)NC(=O)N1C(CCC)SCC1C(=O)O. The zero-order valence-corrected chi connectivity index (χ0v) is 12.8. The molecule has 20 heavy (non-hydrogen) atoms. The number of terminal acetylenes is 1. The molecule has 0 saturated carbocycles. The molecular formula is C14H22N2O3S. The Kier molecular flexibility index (Phi) is 6.73. The van der Waals surface area contributed by atoms with Gasteiger partial charge in [0.05, 0.1) is 5.37 Å². The Balaban J connectivity index is 2.78. The van der Waals surface area contributed by atoms with E-state index < -0.39 is 12.0 Å². The summed E-state index contributed by atoms with van der Waals surface area (Å²) in [5, 5.41) is 12.0. The number of carboxylic acids is 1. The van der Waals surface area contributed by atoms with Crippen molar-refractivity contribution in [2.24, 2.45) is 0 Å². The molecule has 112 valence electrons. The van der Waals surface area contributed by atoms with Gasteiger partial charge >= 0.3 is 12.0 Å². The number of carboxylic acid groups (broad SMARTS) is 1. The van der Waals surface area contributed by atoms with Gasteiger partial charge in [-0.2, -0.15) is 0 Å². The lowest BCUT2D eigenvalue weighted by Gasteiger charge is -2.29. The predicted molar refractivity (Wildman–Crippen MR) is 80.5 cm³/mol. The fourth-order valence-corrected chi connectivity index (χ4v) is 3.70. The first-order valence-electron chi connectivity index (χ1n) is 6.91. The molecule has 0 bridgehead atoms. The Bertz CT molecular complexity index is 394. The van der Waals surface area contributed by atoms with Gasteiger partial charge < -0.3 is 10.4 Å². The highest BCUT2D eigenvalue weighted by Crippen LogP contribution is 2.32. The highest BCUT2D eigenvalue weighted by Gasteiger charge is 2.41. The van der Waals surface area contributed by atoms with Crippen molar-refractivity contribution in [3.05, 3.63) is 0 Å². The van der Waals surface area contributed by atoms with Crippen LogP contribution >= 0.6 is 11.8 Å². The highest BCUT2D eigenvalue weighted by molar-refractivity contribution is 8.00. The minimum absolute atomic E-state index is 0.0653. The number of urea groups is 1. The second-order valence-electron chi connectivity index (χ2n) is 4.80. The second kappa shape index (κ2) is 8.05. The summed E-state index contributed by atoms with van der Waals surface area (Å²) in [4.78, 5) is 25.1. The van der Waals surface area contributed by atoms with Gasteiger partial charge in [-0.1, -0.05) is 20.3 Å². The number of rotatable bonds is 6. The lowest BCUT2D eigenvalue weighted by molar-refractivity contribution is -0.141.